The first-order chi connectivity index (χ1) is 10.1. The normalized spacial score (nSPS) is 25.0. The fourth-order valence-corrected chi connectivity index (χ4v) is 3.10. The minimum atomic E-state index is -0.493. The van der Waals surface area contributed by atoms with E-state index in [9.17, 15) is 14.7 Å². The van der Waals surface area contributed by atoms with Gasteiger partial charge in [0.15, 0.2) is 0 Å². The number of likely N-dealkylation sites (tertiary alicyclic amines) is 1. The Bertz CT molecular complexity index is 557. The number of ether oxygens (including phenoxy) is 1. The van der Waals surface area contributed by atoms with Crippen LogP contribution in [-0.4, -0.2) is 57.3 Å². The van der Waals surface area contributed by atoms with Gasteiger partial charge in [-0.2, -0.15) is 0 Å². The molecule has 0 aliphatic carbocycles. The molecule has 7 nitrogen and oxygen atoms in total. The first kappa shape index (κ1) is 14.2. The molecule has 21 heavy (non-hydrogen) atoms. The van der Waals surface area contributed by atoms with Crippen molar-refractivity contribution in [3.05, 3.63) is 28.4 Å². The van der Waals surface area contributed by atoms with Crippen LogP contribution >= 0.6 is 0 Å². The van der Waals surface area contributed by atoms with Crippen LogP contribution in [0.2, 0.25) is 0 Å². The molecular weight excluding hydrogens is 274 g/mol. The molecule has 1 aromatic heterocycles. The maximum atomic E-state index is 12.3. The number of piperidine rings is 1. The highest BCUT2D eigenvalue weighted by atomic mass is 16.5. The van der Waals surface area contributed by atoms with Crippen LogP contribution in [0.25, 0.3) is 0 Å². The highest BCUT2D eigenvalue weighted by molar-refractivity contribution is 5.92. The van der Waals surface area contributed by atoms with Gasteiger partial charge in [-0.1, -0.05) is 0 Å². The van der Waals surface area contributed by atoms with Crippen molar-refractivity contribution in [3.8, 4) is 0 Å². The quantitative estimate of drug-likeness (QED) is 0.755. The number of amides is 1. The SMILES string of the molecule is O=C(c1c[nH]c(=O)cn1)N1CCC2(CC1)OCCCC2O. The van der Waals surface area contributed by atoms with E-state index in [4.69, 9.17) is 4.74 Å². The predicted molar refractivity (Wildman–Crippen MR) is 73.9 cm³/mol. The zero-order valence-corrected chi connectivity index (χ0v) is 11.7. The monoisotopic (exact) mass is 293 g/mol. The number of carbonyl (C=O) groups excluding carboxylic acids is 1. The molecule has 1 aromatic rings. The fourth-order valence-electron chi connectivity index (χ4n) is 3.10. The number of hydrogen-bond donors (Lipinski definition) is 2. The molecule has 2 N–H and O–H groups in total. The fraction of sp³-hybridized carbons (Fsp3) is 0.643. The number of H-pyrrole nitrogens is 1. The standard InChI is InChI=1S/C14H19N3O4/c18-11-2-1-7-21-14(11)3-5-17(6-4-14)13(20)10-8-16-12(19)9-15-10/h8-9,11,18H,1-7H2,(H,16,19). The van der Waals surface area contributed by atoms with Gasteiger partial charge in [-0.15, -0.1) is 0 Å². The van der Waals surface area contributed by atoms with E-state index in [2.05, 4.69) is 9.97 Å². The summed E-state index contributed by atoms with van der Waals surface area (Å²) in [5.74, 6) is -0.202. The molecule has 1 amide bonds. The number of aromatic nitrogens is 2. The molecule has 3 heterocycles. The summed E-state index contributed by atoms with van der Waals surface area (Å²) in [6, 6.07) is 0. The molecule has 7 heteroatoms. The lowest BCUT2D eigenvalue weighted by atomic mass is 9.82. The lowest BCUT2D eigenvalue weighted by Gasteiger charge is -2.46. The van der Waals surface area contributed by atoms with E-state index in [1.54, 1.807) is 4.90 Å². The number of aromatic amines is 1. The van der Waals surface area contributed by atoms with Gasteiger partial charge >= 0.3 is 0 Å². The van der Waals surface area contributed by atoms with Crippen molar-refractivity contribution in [1.82, 2.24) is 14.9 Å². The first-order valence-corrected chi connectivity index (χ1v) is 7.27. The third-order valence-corrected chi connectivity index (χ3v) is 4.41. The maximum absolute atomic E-state index is 12.3. The van der Waals surface area contributed by atoms with Crippen molar-refractivity contribution in [2.75, 3.05) is 19.7 Å². The van der Waals surface area contributed by atoms with Crippen LogP contribution in [0, 0.1) is 0 Å². The van der Waals surface area contributed by atoms with Crippen molar-refractivity contribution in [1.29, 1.82) is 0 Å². The highest BCUT2D eigenvalue weighted by Gasteiger charge is 2.44. The average Bonchev–Trinajstić information content (AvgIpc) is 2.51. The third-order valence-electron chi connectivity index (χ3n) is 4.41. The zero-order valence-electron chi connectivity index (χ0n) is 11.7. The molecule has 2 aliphatic rings. The van der Waals surface area contributed by atoms with Crippen LogP contribution in [0.15, 0.2) is 17.2 Å². The van der Waals surface area contributed by atoms with Crippen LogP contribution in [0.5, 0.6) is 0 Å². The van der Waals surface area contributed by atoms with E-state index in [-0.39, 0.29) is 17.2 Å². The Hall–Kier alpha value is -1.73. The minimum Gasteiger partial charge on any atom is -0.390 e. The van der Waals surface area contributed by atoms with Crippen LogP contribution < -0.4 is 5.56 Å². The van der Waals surface area contributed by atoms with Gasteiger partial charge in [-0.05, 0) is 25.7 Å². The molecule has 2 aliphatic heterocycles. The van der Waals surface area contributed by atoms with Gasteiger partial charge in [0.2, 0.25) is 0 Å². The molecule has 0 aromatic carbocycles. The molecule has 1 spiro atoms. The van der Waals surface area contributed by atoms with Crippen LogP contribution in [0.3, 0.4) is 0 Å². The Morgan fingerprint density at radius 1 is 1.48 bits per heavy atom. The van der Waals surface area contributed by atoms with Crippen molar-refractivity contribution < 1.29 is 14.6 Å². The van der Waals surface area contributed by atoms with Gasteiger partial charge in [0, 0.05) is 25.9 Å². The molecule has 1 atom stereocenters. The minimum absolute atomic E-state index is 0.202. The Kier molecular flexibility index (Phi) is 3.77. The van der Waals surface area contributed by atoms with Gasteiger partial charge in [0.1, 0.15) is 5.69 Å². The van der Waals surface area contributed by atoms with Crippen LogP contribution in [-0.2, 0) is 4.74 Å². The summed E-state index contributed by atoms with van der Waals surface area (Å²) in [6.07, 6.45) is 4.89. The number of aliphatic hydroxyl groups is 1. The number of aliphatic hydroxyl groups excluding tert-OH is 1. The third kappa shape index (κ3) is 2.71. The lowest BCUT2D eigenvalue weighted by molar-refractivity contribution is -0.174. The van der Waals surface area contributed by atoms with Crippen molar-refractivity contribution in [3.63, 3.8) is 0 Å². The first-order valence-electron chi connectivity index (χ1n) is 7.27. The Morgan fingerprint density at radius 3 is 2.86 bits per heavy atom. The lowest BCUT2D eigenvalue weighted by Crippen LogP contribution is -2.56. The van der Waals surface area contributed by atoms with Crippen LogP contribution in [0.1, 0.15) is 36.2 Å². The van der Waals surface area contributed by atoms with Gasteiger partial charge in [-0.25, -0.2) is 4.98 Å². The Labute approximate surface area is 121 Å². The summed E-state index contributed by atoms with van der Waals surface area (Å²) in [5, 5.41) is 10.2. The zero-order chi connectivity index (χ0) is 14.9. The van der Waals surface area contributed by atoms with Gasteiger partial charge in [0.25, 0.3) is 11.5 Å². The molecule has 2 fully saturated rings. The molecule has 3 rings (SSSR count). The smallest absolute Gasteiger partial charge is 0.273 e. The van der Waals surface area contributed by atoms with Gasteiger partial charge in [0.05, 0.1) is 17.9 Å². The van der Waals surface area contributed by atoms with Crippen molar-refractivity contribution in [2.24, 2.45) is 0 Å². The van der Waals surface area contributed by atoms with Crippen molar-refractivity contribution >= 4 is 5.91 Å². The Morgan fingerprint density at radius 2 is 2.24 bits per heavy atom. The number of nitrogens with zero attached hydrogens (tertiary/aromatic N) is 2. The Balaban J connectivity index is 1.66. The topological polar surface area (TPSA) is 95.5 Å². The summed E-state index contributed by atoms with van der Waals surface area (Å²) < 4.78 is 5.82. The summed E-state index contributed by atoms with van der Waals surface area (Å²) in [4.78, 5) is 31.3. The van der Waals surface area contributed by atoms with E-state index in [0.29, 0.717) is 32.5 Å². The molecule has 0 radical (unpaired) electrons. The van der Waals surface area contributed by atoms with Gasteiger partial charge in [-0.3, -0.25) is 9.59 Å². The summed E-state index contributed by atoms with van der Waals surface area (Å²) in [7, 11) is 0. The van der Waals surface area contributed by atoms with Crippen molar-refractivity contribution in [2.45, 2.75) is 37.4 Å². The molecule has 0 saturated carbocycles. The van der Waals surface area contributed by atoms with E-state index in [0.717, 1.165) is 19.0 Å². The van der Waals surface area contributed by atoms with Gasteiger partial charge < -0.3 is 19.7 Å². The second kappa shape index (κ2) is 5.57. The van der Waals surface area contributed by atoms with Crippen LogP contribution in [0.4, 0.5) is 0 Å². The highest BCUT2D eigenvalue weighted by Crippen LogP contribution is 2.35. The molecule has 114 valence electrons. The molecule has 1 unspecified atom stereocenters. The average molecular weight is 293 g/mol. The van der Waals surface area contributed by atoms with E-state index >= 15 is 0 Å². The largest absolute Gasteiger partial charge is 0.390 e. The van der Waals surface area contributed by atoms with E-state index in [1.165, 1.54) is 6.20 Å². The molecule has 2 saturated heterocycles. The van der Waals surface area contributed by atoms with E-state index in [1.807, 2.05) is 0 Å². The number of nitrogens with one attached hydrogen (secondary N) is 1. The second-order valence-electron chi connectivity index (χ2n) is 5.66. The number of hydrogen-bond acceptors (Lipinski definition) is 5. The number of carbonyl (C=O) groups is 1. The maximum Gasteiger partial charge on any atom is 0.273 e. The molecule has 0 bridgehead atoms. The second-order valence-corrected chi connectivity index (χ2v) is 5.66. The van der Waals surface area contributed by atoms with E-state index < -0.39 is 11.7 Å². The molecular formula is C14H19N3O4. The number of rotatable bonds is 1. The summed E-state index contributed by atoms with van der Waals surface area (Å²) in [5.41, 5.74) is -0.591. The summed E-state index contributed by atoms with van der Waals surface area (Å²) >= 11 is 0. The summed E-state index contributed by atoms with van der Waals surface area (Å²) in [6.45, 7) is 1.72. The predicted octanol–water partition coefficient (Wildman–Crippen LogP) is -0.0840.